The van der Waals surface area contributed by atoms with Gasteiger partial charge in [-0.3, -0.25) is 9.69 Å². The Morgan fingerprint density at radius 1 is 1.09 bits per heavy atom. The van der Waals surface area contributed by atoms with E-state index in [4.69, 9.17) is 11.6 Å². The SMILES string of the molecule is O=C(c1cccc(CN2CCCCC2)c1)c1ccc(F)cc1Cl. The van der Waals surface area contributed by atoms with Gasteiger partial charge in [0, 0.05) is 17.7 Å². The van der Waals surface area contributed by atoms with Crippen LogP contribution in [-0.4, -0.2) is 23.8 Å². The predicted octanol–water partition coefficient (Wildman–Crippen LogP) is 4.70. The number of halogens is 2. The first-order chi connectivity index (χ1) is 11.1. The molecule has 1 heterocycles. The normalized spacial score (nSPS) is 15.6. The molecular formula is C19H19ClFNO. The molecule has 1 fully saturated rings. The summed E-state index contributed by atoms with van der Waals surface area (Å²) in [6, 6.07) is 11.5. The van der Waals surface area contributed by atoms with Crippen LogP contribution in [0.1, 0.15) is 40.7 Å². The second-order valence-electron chi connectivity index (χ2n) is 5.99. The second-order valence-corrected chi connectivity index (χ2v) is 6.40. The third-order valence-corrected chi connectivity index (χ3v) is 4.53. The predicted molar refractivity (Wildman–Crippen MR) is 90.4 cm³/mol. The number of likely N-dealkylation sites (tertiary alicyclic amines) is 1. The van der Waals surface area contributed by atoms with Crippen LogP contribution in [0.2, 0.25) is 5.02 Å². The Hall–Kier alpha value is -1.71. The number of nitrogens with zero attached hydrogens (tertiary/aromatic N) is 1. The number of rotatable bonds is 4. The van der Waals surface area contributed by atoms with Crippen LogP contribution in [0.5, 0.6) is 0 Å². The molecule has 0 aliphatic carbocycles. The number of hydrogen-bond acceptors (Lipinski definition) is 2. The summed E-state index contributed by atoms with van der Waals surface area (Å²) >= 11 is 6.00. The summed E-state index contributed by atoms with van der Waals surface area (Å²) in [7, 11) is 0. The molecule has 0 unspecified atom stereocenters. The van der Waals surface area contributed by atoms with Gasteiger partial charge in [0.2, 0.25) is 0 Å². The standard InChI is InChI=1S/C19H19ClFNO/c20-18-12-16(21)7-8-17(18)19(23)15-6-4-5-14(11-15)13-22-9-2-1-3-10-22/h4-8,11-12H,1-3,9-10,13H2. The molecule has 2 nitrogen and oxygen atoms in total. The van der Waals surface area contributed by atoms with Gasteiger partial charge in [-0.1, -0.05) is 36.2 Å². The first-order valence-electron chi connectivity index (χ1n) is 7.94. The number of carbonyl (C=O) groups excluding carboxylic acids is 1. The topological polar surface area (TPSA) is 20.3 Å². The lowest BCUT2D eigenvalue weighted by molar-refractivity contribution is 0.103. The summed E-state index contributed by atoms with van der Waals surface area (Å²) in [5.74, 6) is -0.610. The van der Waals surface area contributed by atoms with Crippen molar-refractivity contribution in [2.75, 3.05) is 13.1 Å². The highest BCUT2D eigenvalue weighted by molar-refractivity contribution is 6.35. The third-order valence-electron chi connectivity index (χ3n) is 4.22. The molecule has 2 aromatic rings. The van der Waals surface area contributed by atoms with Crippen molar-refractivity contribution >= 4 is 17.4 Å². The monoisotopic (exact) mass is 331 g/mol. The molecule has 0 N–H and O–H groups in total. The lowest BCUT2D eigenvalue weighted by atomic mass is 10.0. The number of hydrogen-bond donors (Lipinski definition) is 0. The van der Waals surface area contributed by atoms with Crippen molar-refractivity contribution in [1.82, 2.24) is 4.90 Å². The molecule has 0 radical (unpaired) electrons. The van der Waals surface area contributed by atoms with Crippen LogP contribution in [0.25, 0.3) is 0 Å². The van der Waals surface area contributed by atoms with E-state index >= 15 is 0 Å². The first kappa shape index (κ1) is 16.2. The first-order valence-corrected chi connectivity index (χ1v) is 8.32. The van der Waals surface area contributed by atoms with Crippen LogP contribution >= 0.6 is 11.6 Å². The van der Waals surface area contributed by atoms with E-state index in [1.165, 1.54) is 37.5 Å². The molecule has 0 bridgehead atoms. The number of ketones is 1. The van der Waals surface area contributed by atoms with E-state index < -0.39 is 5.82 Å². The van der Waals surface area contributed by atoms with E-state index in [0.29, 0.717) is 11.1 Å². The van der Waals surface area contributed by atoms with Crippen molar-refractivity contribution in [2.45, 2.75) is 25.8 Å². The van der Waals surface area contributed by atoms with Crippen LogP contribution < -0.4 is 0 Å². The van der Waals surface area contributed by atoms with Crippen LogP contribution in [0, 0.1) is 5.82 Å². The summed E-state index contributed by atoms with van der Waals surface area (Å²) in [5, 5.41) is 0.149. The maximum absolute atomic E-state index is 13.1. The Kier molecular flexibility index (Phi) is 5.09. The molecule has 1 aliphatic rings. The Morgan fingerprint density at radius 2 is 1.87 bits per heavy atom. The average molecular weight is 332 g/mol. The molecule has 1 aliphatic heterocycles. The van der Waals surface area contributed by atoms with E-state index in [0.717, 1.165) is 25.2 Å². The zero-order chi connectivity index (χ0) is 16.2. The highest BCUT2D eigenvalue weighted by Gasteiger charge is 2.15. The summed E-state index contributed by atoms with van der Waals surface area (Å²) in [6.45, 7) is 3.09. The van der Waals surface area contributed by atoms with Gasteiger partial charge in [-0.15, -0.1) is 0 Å². The molecule has 0 atom stereocenters. The van der Waals surface area contributed by atoms with E-state index in [1.807, 2.05) is 18.2 Å². The van der Waals surface area contributed by atoms with Crippen LogP contribution in [0.4, 0.5) is 4.39 Å². The van der Waals surface area contributed by atoms with Crippen molar-refractivity contribution in [3.05, 3.63) is 70.0 Å². The second kappa shape index (κ2) is 7.24. The van der Waals surface area contributed by atoms with Crippen LogP contribution in [0.3, 0.4) is 0 Å². The lowest BCUT2D eigenvalue weighted by Crippen LogP contribution is -2.29. The molecule has 120 valence electrons. The maximum atomic E-state index is 13.1. The minimum Gasteiger partial charge on any atom is -0.299 e. The summed E-state index contributed by atoms with van der Waals surface area (Å²) < 4.78 is 13.1. The zero-order valence-electron chi connectivity index (χ0n) is 12.9. The average Bonchev–Trinajstić information content (AvgIpc) is 2.55. The fourth-order valence-electron chi connectivity index (χ4n) is 3.02. The van der Waals surface area contributed by atoms with Gasteiger partial charge < -0.3 is 0 Å². The molecule has 3 rings (SSSR count). The van der Waals surface area contributed by atoms with Crippen molar-refractivity contribution < 1.29 is 9.18 Å². The van der Waals surface area contributed by atoms with E-state index in [2.05, 4.69) is 4.90 Å². The van der Waals surface area contributed by atoms with E-state index in [1.54, 1.807) is 6.07 Å². The molecule has 0 spiro atoms. The minimum atomic E-state index is -0.439. The van der Waals surface area contributed by atoms with Gasteiger partial charge in [0.15, 0.2) is 5.78 Å². The van der Waals surface area contributed by atoms with Crippen LogP contribution in [-0.2, 0) is 6.54 Å². The lowest BCUT2D eigenvalue weighted by Gasteiger charge is -2.26. The molecular weight excluding hydrogens is 313 g/mol. The largest absolute Gasteiger partial charge is 0.299 e. The molecule has 2 aromatic carbocycles. The number of carbonyl (C=O) groups is 1. The van der Waals surface area contributed by atoms with E-state index in [9.17, 15) is 9.18 Å². The van der Waals surface area contributed by atoms with Crippen molar-refractivity contribution in [3.63, 3.8) is 0 Å². The number of piperidine rings is 1. The molecule has 4 heteroatoms. The Morgan fingerprint density at radius 3 is 2.61 bits per heavy atom. The smallest absolute Gasteiger partial charge is 0.194 e. The fraction of sp³-hybridized carbons (Fsp3) is 0.316. The zero-order valence-corrected chi connectivity index (χ0v) is 13.7. The minimum absolute atomic E-state index is 0.149. The Bertz CT molecular complexity index is 710. The van der Waals surface area contributed by atoms with Gasteiger partial charge in [0.1, 0.15) is 5.82 Å². The molecule has 0 amide bonds. The summed E-state index contributed by atoms with van der Waals surface area (Å²) in [4.78, 5) is 15.0. The summed E-state index contributed by atoms with van der Waals surface area (Å²) in [6.07, 6.45) is 3.78. The summed E-state index contributed by atoms with van der Waals surface area (Å²) in [5.41, 5.74) is 2.05. The van der Waals surface area contributed by atoms with Crippen molar-refractivity contribution in [2.24, 2.45) is 0 Å². The fourth-order valence-corrected chi connectivity index (χ4v) is 3.27. The van der Waals surface area contributed by atoms with Crippen molar-refractivity contribution in [3.8, 4) is 0 Å². The highest BCUT2D eigenvalue weighted by Crippen LogP contribution is 2.22. The highest BCUT2D eigenvalue weighted by atomic mass is 35.5. The van der Waals surface area contributed by atoms with E-state index in [-0.39, 0.29) is 10.8 Å². The maximum Gasteiger partial charge on any atom is 0.194 e. The Balaban J connectivity index is 1.79. The van der Waals surface area contributed by atoms with Gasteiger partial charge in [0.05, 0.1) is 5.02 Å². The van der Waals surface area contributed by atoms with Gasteiger partial charge >= 0.3 is 0 Å². The van der Waals surface area contributed by atoms with Gasteiger partial charge in [-0.05, 0) is 55.8 Å². The van der Waals surface area contributed by atoms with Crippen molar-refractivity contribution in [1.29, 1.82) is 0 Å². The molecule has 1 saturated heterocycles. The molecule has 0 aromatic heterocycles. The molecule has 23 heavy (non-hydrogen) atoms. The van der Waals surface area contributed by atoms with Gasteiger partial charge in [0.25, 0.3) is 0 Å². The van der Waals surface area contributed by atoms with Crippen LogP contribution in [0.15, 0.2) is 42.5 Å². The number of benzene rings is 2. The molecule has 0 saturated carbocycles. The quantitative estimate of drug-likeness (QED) is 0.757. The Labute approximate surface area is 140 Å². The third kappa shape index (κ3) is 3.98. The van der Waals surface area contributed by atoms with Gasteiger partial charge in [-0.25, -0.2) is 4.39 Å². The van der Waals surface area contributed by atoms with Gasteiger partial charge in [-0.2, -0.15) is 0 Å².